The Morgan fingerprint density at radius 3 is 2.67 bits per heavy atom. The van der Waals surface area contributed by atoms with Crippen LogP contribution in [0.4, 0.5) is 0 Å². The highest BCUT2D eigenvalue weighted by Gasteiger charge is 1.83. The van der Waals surface area contributed by atoms with Gasteiger partial charge in [-0.05, 0) is 14.0 Å². The van der Waals surface area contributed by atoms with Gasteiger partial charge in [-0.15, -0.1) is 0 Å². The first-order valence-electron chi connectivity index (χ1n) is 3.06. The lowest BCUT2D eigenvalue weighted by molar-refractivity contribution is -0.116. The summed E-state index contributed by atoms with van der Waals surface area (Å²) in [5.41, 5.74) is 0. The van der Waals surface area contributed by atoms with E-state index in [1.807, 2.05) is 19.2 Å². The van der Waals surface area contributed by atoms with Crippen molar-refractivity contribution in [2.24, 2.45) is 0 Å². The zero-order chi connectivity index (χ0) is 7.11. The number of carbonyl (C=O) groups excluding carboxylic acids is 1. The molecule has 0 unspecified atom stereocenters. The molecular formula is C7H13NO. The summed E-state index contributed by atoms with van der Waals surface area (Å²) in [6.45, 7) is 2.43. The minimum absolute atomic E-state index is 0.211. The van der Waals surface area contributed by atoms with Crippen LogP contribution in [0.5, 0.6) is 0 Å². The number of carbonyl (C=O) groups is 1. The van der Waals surface area contributed by atoms with Gasteiger partial charge in [-0.1, -0.05) is 12.2 Å². The second-order valence-corrected chi connectivity index (χ2v) is 1.94. The molecule has 0 radical (unpaired) electrons. The van der Waals surface area contributed by atoms with Crippen LogP contribution in [0.2, 0.25) is 0 Å². The Morgan fingerprint density at radius 1 is 1.56 bits per heavy atom. The summed E-state index contributed by atoms with van der Waals surface area (Å²) in [5, 5.41) is 2.94. The number of likely N-dealkylation sites (N-methyl/N-ethyl adjacent to an activating group) is 1. The van der Waals surface area contributed by atoms with Crippen LogP contribution in [0.1, 0.15) is 13.3 Å². The molecule has 9 heavy (non-hydrogen) atoms. The van der Waals surface area contributed by atoms with Gasteiger partial charge in [-0.25, -0.2) is 0 Å². The number of hydrogen-bond acceptors (Lipinski definition) is 2. The van der Waals surface area contributed by atoms with Gasteiger partial charge in [0, 0.05) is 13.0 Å². The number of nitrogens with one attached hydrogen (secondary N) is 1. The monoisotopic (exact) mass is 127 g/mol. The van der Waals surface area contributed by atoms with E-state index < -0.39 is 0 Å². The normalized spacial score (nSPS) is 10.4. The zero-order valence-electron chi connectivity index (χ0n) is 5.98. The molecular weight excluding hydrogens is 114 g/mol. The van der Waals surface area contributed by atoms with Crippen LogP contribution in [-0.4, -0.2) is 19.4 Å². The summed E-state index contributed by atoms with van der Waals surface area (Å²) in [4.78, 5) is 10.3. The predicted octanol–water partition coefficient (Wildman–Crippen LogP) is 0.741. The molecule has 0 heterocycles. The minimum Gasteiger partial charge on any atom is -0.316 e. The fraction of sp³-hybridized carbons (Fsp3) is 0.571. The summed E-state index contributed by atoms with van der Waals surface area (Å²) in [6.07, 6.45) is 4.38. The van der Waals surface area contributed by atoms with Crippen LogP contribution >= 0.6 is 0 Å². The Morgan fingerprint density at radius 2 is 2.22 bits per heavy atom. The van der Waals surface area contributed by atoms with Crippen LogP contribution in [0.25, 0.3) is 0 Å². The van der Waals surface area contributed by atoms with Crippen molar-refractivity contribution in [2.45, 2.75) is 13.3 Å². The average molecular weight is 127 g/mol. The van der Waals surface area contributed by atoms with E-state index in [0.717, 1.165) is 6.54 Å². The van der Waals surface area contributed by atoms with Gasteiger partial charge in [-0.2, -0.15) is 0 Å². The number of ketones is 1. The highest BCUT2D eigenvalue weighted by atomic mass is 16.1. The van der Waals surface area contributed by atoms with Crippen molar-refractivity contribution in [1.82, 2.24) is 5.32 Å². The molecule has 0 saturated heterocycles. The standard InChI is InChI=1S/C7H13NO/c1-7(9)5-3-4-6-8-2/h3-4,8H,5-6H2,1-2H3/b4-3+. The molecule has 0 aliphatic rings. The van der Waals surface area contributed by atoms with E-state index in [1.54, 1.807) is 6.92 Å². The van der Waals surface area contributed by atoms with E-state index >= 15 is 0 Å². The van der Waals surface area contributed by atoms with E-state index in [9.17, 15) is 4.79 Å². The fourth-order valence-corrected chi connectivity index (χ4v) is 0.450. The quantitative estimate of drug-likeness (QED) is 0.564. The third-order valence-corrected chi connectivity index (χ3v) is 0.894. The van der Waals surface area contributed by atoms with E-state index in [2.05, 4.69) is 5.32 Å². The van der Waals surface area contributed by atoms with Crippen LogP contribution in [-0.2, 0) is 4.79 Å². The van der Waals surface area contributed by atoms with Crippen molar-refractivity contribution in [1.29, 1.82) is 0 Å². The maximum atomic E-state index is 10.3. The van der Waals surface area contributed by atoms with Gasteiger partial charge in [0.1, 0.15) is 5.78 Å². The molecule has 0 aromatic rings. The lowest BCUT2D eigenvalue weighted by Crippen LogP contribution is -2.03. The predicted molar refractivity (Wildman–Crippen MR) is 38.4 cm³/mol. The van der Waals surface area contributed by atoms with Gasteiger partial charge < -0.3 is 5.32 Å². The Labute approximate surface area is 56.0 Å². The molecule has 0 aromatic carbocycles. The van der Waals surface area contributed by atoms with E-state index in [-0.39, 0.29) is 5.78 Å². The SMILES string of the molecule is CNC/C=C/CC(C)=O. The first-order chi connectivity index (χ1) is 4.27. The molecule has 52 valence electrons. The zero-order valence-corrected chi connectivity index (χ0v) is 5.98. The molecule has 0 bridgehead atoms. The molecule has 0 aliphatic carbocycles. The van der Waals surface area contributed by atoms with Crippen molar-refractivity contribution < 1.29 is 4.79 Å². The fourth-order valence-electron chi connectivity index (χ4n) is 0.450. The van der Waals surface area contributed by atoms with Crippen molar-refractivity contribution in [3.8, 4) is 0 Å². The van der Waals surface area contributed by atoms with Crippen molar-refractivity contribution in [2.75, 3.05) is 13.6 Å². The molecule has 0 atom stereocenters. The maximum Gasteiger partial charge on any atom is 0.133 e. The first kappa shape index (κ1) is 8.37. The van der Waals surface area contributed by atoms with Gasteiger partial charge in [0.15, 0.2) is 0 Å². The number of Topliss-reactive ketones (excluding diaryl/α,β-unsaturated/α-hetero) is 1. The third-order valence-electron chi connectivity index (χ3n) is 0.894. The summed E-state index contributed by atoms with van der Waals surface area (Å²) in [6, 6.07) is 0. The number of rotatable bonds is 4. The molecule has 0 fully saturated rings. The van der Waals surface area contributed by atoms with Crippen molar-refractivity contribution in [3.05, 3.63) is 12.2 Å². The maximum absolute atomic E-state index is 10.3. The first-order valence-corrected chi connectivity index (χ1v) is 3.06. The molecule has 2 nitrogen and oxygen atoms in total. The van der Waals surface area contributed by atoms with Crippen LogP contribution < -0.4 is 5.32 Å². The number of hydrogen-bond donors (Lipinski definition) is 1. The minimum atomic E-state index is 0.211. The second kappa shape index (κ2) is 5.51. The van der Waals surface area contributed by atoms with E-state index in [1.165, 1.54) is 0 Å². The molecule has 0 saturated carbocycles. The lowest BCUT2D eigenvalue weighted by Gasteiger charge is -1.86. The molecule has 0 rings (SSSR count). The molecule has 0 aromatic heterocycles. The topological polar surface area (TPSA) is 29.1 Å². The second-order valence-electron chi connectivity index (χ2n) is 1.94. The van der Waals surface area contributed by atoms with Gasteiger partial charge >= 0.3 is 0 Å². The van der Waals surface area contributed by atoms with Gasteiger partial charge in [0.2, 0.25) is 0 Å². The van der Waals surface area contributed by atoms with Gasteiger partial charge in [0.25, 0.3) is 0 Å². The van der Waals surface area contributed by atoms with Crippen molar-refractivity contribution in [3.63, 3.8) is 0 Å². The molecule has 0 spiro atoms. The molecule has 2 heteroatoms. The molecule has 1 N–H and O–H groups in total. The van der Waals surface area contributed by atoms with Gasteiger partial charge in [0.05, 0.1) is 0 Å². The molecule has 0 amide bonds. The summed E-state index contributed by atoms with van der Waals surface area (Å²) in [7, 11) is 1.87. The Hall–Kier alpha value is -0.630. The average Bonchev–Trinajstić information content (AvgIpc) is 1.80. The van der Waals surface area contributed by atoms with Crippen molar-refractivity contribution >= 4 is 5.78 Å². The summed E-state index contributed by atoms with van der Waals surface area (Å²) >= 11 is 0. The Balaban J connectivity index is 3.14. The van der Waals surface area contributed by atoms with Crippen LogP contribution in [0.15, 0.2) is 12.2 Å². The van der Waals surface area contributed by atoms with E-state index in [4.69, 9.17) is 0 Å². The largest absolute Gasteiger partial charge is 0.316 e. The molecule has 0 aliphatic heterocycles. The third kappa shape index (κ3) is 7.37. The summed E-state index contributed by atoms with van der Waals surface area (Å²) < 4.78 is 0. The Kier molecular flexibility index (Phi) is 5.12. The van der Waals surface area contributed by atoms with Crippen LogP contribution in [0.3, 0.4) is 0 Å². The van der Waals surface area contributed by atoms with E-state index in [0.29, 0.717) is 6.42 Å². The smallest absolute Gasteiger partial charge is 0.133 e. The summed E-state index contributed by atoms with van der Waals surface area (Å²) in [5.74, 6) is 0.211. The number of allylic oxidation sites excluding steroid dienone is 1. The highest BCUT2D eigenvalue weighted by Crippen LogP contribution is 1.82. The highest BCUT2D eigenvalue weighted by molar-refractivity contribution is 5.76. The lowest BCUT2D eigenvalue weighted by atomic mass is 10.3. The Bertz CT molecular complexity index is 107. The van der Waals surface area contributed by atoms with Crippen LogP contribution in [0, 0.1) is 0 Å². The van der Waals surface area contributed by atoms with Gasteiger partial charge in [-0.3, -0.25) is 4.79 Å².